The molecule has 0 bridgehead atoms. The maximum atomic E-state index is 4.62. The van der Waals surface area contributed by atoms with Crippen LogP contribution in [0.25, 0.3) is 0 Å². The van der Waals surface area contributed by atoms with E-state index in [0.29, 0.717) is 0 Å². The van der Waals surface area contributed by atoms with E-state index in [-0.39, 0.29) is 0 Å². The van der Waals surface area contributed by atoms with Gasteiger partial charge in [0, 0.05) is 75.5 Å². The van der Waals surface area contributed by atoms with Gasteiger partial charge in [0.25, 0.3) is 0 Å². The van der Waals surface area contributed by atoms with Gasteiger partial charge in [-0.15, -0.1) is 0 Å². The largest absolute Gasteiger partial charge is 0.338 e. The molecule has 0 unspecified atom stereocenters. The average Bonchev–Trinajstić information content (AvgIpc) is 2.85. The number of anilines is 1. The molecule has 4 heterocycles. The van der Waals surface area contributed by atoms with Crippen LogP contribution in [0.2, 0.25) is 0 Å². The molecule has 0 saturated carbocycles. The molecule has 2 aromatic rings. The van der Waals surface area contributed by atoms with E-state index in [1.165, 1.54) is 23.2 Å². The van der Waals surface area contributed by atoms with Crippen molar-refractivity contribution < 1.29 is 0 Å². The summed E-state index contributed by atoms with van der Waals surface area (Å²) in [5.41, 5.74) is 3.92. The maximum Gasteiger partial charge on any atom is 0.225 e. The molecule has 0 amide bonds. The topological polar surface area (TPSA) is 53.3 Å². The third-order valence-corrected chi connectivity index (χ3v) is 5.31. The molecule has 25 heavy (non-hydrogen) atoms. The van der Waals surface area contributed by atoms with Gasteiger partial charge < -0.3 is 9.80 Å². The van der Waals surface area contributed by atoms with E-state index in [1.807, 2.05) is 30.3 Å². The Kier molecular flexibility index (Phi) is 4.67. The standard InChI is InChI=1S/C18H27N7/c1-22-6-8-25(9-7-22)18-19-10-15(11-20-18)13-24-5-3-4-17-16(14-24)12-21-23(17)2/h10-12H,3-9,13-14H2,1-2H3. The number of aryl methyl sites for hydroxylation is 1. The molecule has 4 rings (SSSR count). The van der Waals surface area contributed by atoms with E-state index in [2.05, 4.69) is 36.8 Å². The van der Waals surface area contributed by atoms with Crippen LogP contribution in [0.3, 0.4) is 0 Å². The van der Waals surface area contributed by atoms with Crippen LogP contribution in [0.5, 0.6) is 0 Å². The second-order valence-corrected chi connectivity index (χ2v) is 7.24. The molecule has 7 heteroatoms. The molecule has 0 N–H and O–H groups in total. The molecular weight excluding hydrogens is 314 g/mol. The first-order valence-corrected chi connectivity index (χ1v) is 9.15. The zero-order valence-electron chi connectivity index (χ0n) is 15.2. The number of nitrogens with zero attached hydrogens (tertiary/aromatic N) is 7. The van der Waals surface area contributed by atoms with Crippen LogP contribution in [-0.4, -0.2) is 69.3 Å². The molecule has 0 atom stereocenters. The summed E-state index contributed by atoms with van der Waals surface area (Å²) in [7, 11) is 4.20. The minimum absolute atomic E-state index is 0.863. The summed E-state index contributed by atoms with van der Waals surface area (Å²) in [5.74, 6) is 0.863. The predicted molar refractivity (Wildman–Crippen MR) is 97.4 cm³/mol. The Morgan fingerprint density at radius 3 is 2.48 bits per heavy atom. The number of fused-ring (bicyclic) bond motifs is 1. The number of rotatable bonds is 3. The van der Waals surface area contributed by atoms with Gasteiger partial charge in [-0.1, -0.05) is 0 Å². The first-order valence-electron chi connectivity index (χ1n) is 9.15. The fourth-order valence-corrected chi connectivity index (χ4v) is 3.75. The third-order valence-electron chi connectivity index (χ3n) is 5.31. The SMILES string of the molecule is CN1CCN(c2ncc(CN3CCCc4c(cnn4C)C3)cn2)CC1. The number of piperazine rings is 1. The van der Waals surface area contributed by atoms with Gasteiger partial charge in [-0.3, -0.25) is 9.58 Å². The number of hydrogen-bond acceptors (Lipinski definition) is 6. The van der Waals surface area contributed by atoms with Crippen molar-refractivity contribution in [3.8, 4) is 0 Å². The van der Waals surface area contributed by atoms with Crippen LogP contribution in [0.15, 0.2) is 18.6 Å². The van der Waals surface area contributed by atoms with Crippen molar-refractivity contribution in [1.82, 2.24) is 29.5 Å². The van der Waals surface area contributed by atoms with Crippen molar-refractivity contribution >= 4 is 5.95 Å². The van der Waals surface area contributed by atoms with Crippen LogP contribution in [0.1, 0.15) is 23.2 Å². The fourth-order valence-electron chi connectivity index (χ4n) is 3.75. The number of aromatic nitrogens is 4. The fraction of sp³-hybridized carbons (Fsp3) is 0.611. The van der Waals surface area contributed by atoms with Gasteiger partial charge in [0.1, 0.15) is 0 Å². The van der Waals surface area contributed by atoms with Gasteiger partial charge in [-0.2, -0.15) is 5.10 Å². The van der Waals surface area contributed by atoms with Gasteiger partial charge in [-0.25, -0.2) is 9.97 Å². The summed E-state index contributed by atoms with van der Waals surface area (Å²) < 4.78 is 2.02. The van der Waals surface area contributed by atoms with Crippen LogP contribution in [0, 0.1) is 0 Å². The lowest BCUT2D eigenvalue weighted by molar-refractivity contribution is 0.260. The minimum atomic E-state index is 0.863. The second-order valence-electron chi connectivity index (χ2n) is 7.24. The summed E-state index contributed by atoms with van der Waals surface area (Å²) in [6.45, 7) is 7.13. The molecule has 0 spiro atoms. The second kappa shape index (κ2) is 7.09. The monoisotopic (exact) mass is 341 g/mol. The lowest BCUT2D eigenvalue weighted by atomic mass is 10.2. The quantitative estimate of drug-likeness (QED) is 0.827. The van der Waals surface area contributed by atoms with Gasteiger partial charge in [0.15, 0.2) is 0 Å². The first-order chi connectivity index (χ1) is 12.2. The van der Waals surface area contributed by atoms with Crippen molar-refractivity contribution in [2.45, 2.75) is 25.9 Å². The van der Waals surface area contributed by atoms with Gasteiger partial charge >= 0.3 is 0 Å². The van der Waals surface area contributed by atoms with Crippen molar-refractivity contribution in [2.24, 2.45) is 7.05 Å². The van der Waals surface area contributed by atoms with Crippen molar-refractivity contribution in [2.75, 3.05) is 44.7 Å². The molecule has 0 radical (unpaired) electrons. The summed E-state index contributed by atoms with van der Waals surface area (Å²) in [4.78, 5) is 16.3. The molecule has 1 fully saturated rings. The van der Waals surface area contributed by atoms with E-state index >= 15 is 0 Å². The highest BCUT2D eigenvalue weighted by Gasteiger charge is 2.19. The Hall–Kier alpha value is -1.99. The van der Waals surface area contributed by atoms with E-state index in [1.54, 1.807) is 0 Å². The lowest BCUT2D eigenvalue weighted by Gasteiger charge is -2.32. The molecule has 2 aliphatic heterocycles. The molecule has 2 aromatic heterocycles. The van der Waals surface area contributed by atoms with E-state index < -0.39 is 0 Å². The van der Waals surface area contributed by atoms with E-state index in [9.17, 15) is 0 Å². The van der Waals surface area contributed by atoms with E-state index in [4.69, 9.17) is 0 Å². The maximum absolute atomic E-state index is 4.62. The first kappa shape index (κ1) is 16.5. The average molecular weight is 341 g/mol. The molecule has 0 aromatic carbocycles. The van der Waals surface area contributed by atoms with Crippen LogP contribution in [0.4, 0.5) is 5.95 Å². The predicted octanol–water partition coefficient (Wildman–Crippen LogP) is 0.910. The van der Waals surface area contributed by atoms with Gasteiger partial charge in [-0.05, 0) is 26.4 Å². The van der Waals surface area contributed by atoms with Crippen LogP contribution in [-0.2, 0) is 26.6 Å². The Bertz CT molecular complexity index is 701. The molecular formula is C18H27N7. The molecule has 1 saturated heterocycles. The molecule has 2 aliphatic rings. The van der Waals surface area contributed by atoms with Crippen molar-refractivity contribution in [1.29, 1.82) is 0 Å². The number of likely N-dealkylation sites (N-methyl/N-ethyl adjacent to an activating group) is 1. The minimum Gasteiger partial charge on any atom is -0.338 e. The summed E-state index contributed by atoms with van der Waals surface area (Å²) in [6.07, 6.45) is 8.29. The summed E-state index contributed by atoms with van der Waals surface area (Å²) >= 11 is 0. The summed E-state index contributed by atoms with van der Waals surface area (Å²) in [5, 5.41) is 4.41. The lowest BCUT2D eigenvalue weighted by Crippen LogP contribution is -2.45. The Morgan fingerprint density at radius 2 is 1.72 bits per heavy atom. The third kappa shape index (κ3) is 3.67. The van der Waals surface area contributed by atoms with Crippen LogP contribution < -0.4 is 4.90 Å². The van der Waals surface area contributed by atoms with Gasteiger partial charge in [0.05, 0.1) is 6.20 Å². The van der Waals surface area contributed by atoms with Crippen molar-refractivity contribution in [3.63, 3.8) is 0 Å². The zero-order valence-corrected chi connectivity index (χ0v) is 15.2. The van der Waals surface area contributed by atoms with Gasteiger partial charge in [0.2, 0.25) is 5.95 Å². The zero-order chi connectivity index (χ0) is 17.2. The van der Waals surface area contributed by atoms with E-state index in [0.717, 1.165) is 58.2 Å². The molecule has 134 valence electrons. The Labute approximate surface area is 149 Å². The van der Waals surface area contributed by atoms with Crippen LogP contribution >= 0.6 is 0 Å². The van der Waals surface area contributed by atoms with Crippen molar-refractivity contribution in [3.05, 3.63) is 35.4 Å². The summed E-state index contributed by atoms with van der Waals surface area (Å²) in [6, 6.07) is 0. The molecule has 7 nitrogen and oxygen atoms in total. The normalized spacial score (nSPS) is 19.7. The Balaban J connectivity index is 1.39. The highest BCUT2D eigenvalue weighted by atomic mass is 15.3. The highest BCUT2D eigenvalue weighted by molar-refractivity contribution is 5.30. The highest BCUT2D eigenvalue weighted by Crippen LogP contribution is 2.19. The number of hydrogen-bond donors (Lipinski definition) is 0. The smallest absolute Gasteiger partial charge is 0.225 e. The molecule has 0 aliphatic carbocycles. The Morgan fingerprint density at radius 1 is 0.960 bits per heavy atom.